The number of sulfonamides is 1. The topological polar surface area (TPSA) is 116 Å². The third-order valence-electron chi connectivity index (χ3n) is 8.41. The van der Waals surface area contributed by atoms with Crippen LogP contribution in [0.2, 0.25) is 0 Å². The maximum atomic E-state index is 14.4. The van der Waals surface area contributed by atoms with Gasteiger partial charge in [-0.3, -0.25) is 9.78 Å². The van der Waals surface area contributed by atoms with Gasteiger partial charge in [0.25, 0.3) is 10.0 Å². The Labute approximate surface area is 258 Å². The highest BCUT2D eigenvalue weighted by Crippen LogP contribution is 2.51. The predicted molar refractivity (Wildman–Crippen MR) is 150 cm³/mol. The second-order valence-electron chi connectivity index (χ2n) is 11.0. The second-order valence-corrected chi connectivity index (χ2v) is 12.9. The number of alkyl halides is 5. The van der Waals surface area contributed by atoms with Gasteiger partial charge < -0.3 is 0 Å². The maximum Gasteiger partial charge on any atom is 0.416 e. The molecule has 17 heteroatoms. The molecule has 1 aromatic carbocycles. The fraction of sp³-hybridized carbons (Fsp3) is 0.345. The molecule has 3 heterocycles. The van der Waals surface area contributed by atoms with Crippen LogP contribution in [0.15, 0.2) is 65.6 Å². The highest BCUT2D eigenvalue weighted by molar-refractivity contribution is 7.89. The molecule has 3 aromatic heterocycles. The molecule has 0 unspecified atom stereocenters. The first-order chi connectivity index (χ1) is 21.7. The standard InChI is InChI=1S/C29H25F6N7O3S/c1-2-40(46(44,45)25-16-38-42(39-25)27(31)32)22-6-3-18-12-24-17(15-37-41(24)21-7-4-20(30)5-8-21)13-28(18,14-22)26(43)23-11-19(9-10-36-23)29(33,34)35/h4-5,7-12,15-16,22,27H,2-3,6,13-14H2,1H3/t22-,28-/m0/s1. The third-order valence-corrected chi connectivity index (χ3v) is 10.3. The van der Waals surface area contributed by atoms with Crippen molar-refractivity contribution in [2.45, 2.75) is 56.4 Å². The van der Waals surface area contributed by atoms with Crippen molar-refractivity contribution in [3.8, 4) is 5.69 Å². The quantitative estimate of drug-likeness (QED) is 0.181. The molecule has 1 saturated carbocycles. The van der Waals surface area contributed by atoms with Crippen LogP contribution in [0.1, 0.15) is 60.0 Å². The van der Waals surface area contributed by atoms with E-state index >= 15 is 0 Å². The Kier molecular flexibility index (Phi) is 7.87. The first kappa shape index (κ1) is 31.6. The van der Waals surface area contributed by atoms with Gasteiger partial charge in [0.05, 0.1) is 34.8 Å². The summed E-state index contributed by atoms with van der Waals surface area (Å²) in [5, 5.41) is 10.5. The SMILES string of the molecule is CCN([C@H]1CCC2=Cc3c(cnn3-c3ccc(F)cc3)C[C@]2(C(=O)c2cc(C(F)(F)F)ccn2)C1)S(=O)(=O)c1cnn(C(F)F)n1. The van der Waals surface area contributed by atoms with Crippen molar-refractivity contribution in [3.63, 3.8) is 0 Å². The van der Waals surface area contributed by atoms with Gasteiger partial charge in [-0.2, -0.15) is 36.5 Å². The van der Waals surface area contributed by atoms with Crippen LogP contribution < -0.4 is 0 Å². The van der Waals surface area contributed by atoms with Crippen LogP contribution in [0.4, 0.5) is 26.3 Å². The van der Waals surface area contributed by atoms with Gasteiger partial charge in [0, 0.05) is 18.8 Å². The molecule has 242 valence electrons. The van der Waals surface area contributed by atoms with E-state index in [1.165, 1.54) is 37.4 Å². The number of hydrogen-bond donors (Lipinski definition) is 0. The zero-order valence-electron chi connectivity index (χ0n) is 24.0. The molecule has 46 heavy (non-hydrogen) atoms. The van der Waals surface area contributed by atoms with Crippen molar-refractivity contribution in [2.75, 3.05) is 6.54 Å². The molecule has 6 rings (SSSR count). The minimum absolute atomic E-state index is 0.0335. The molecular weight excluding hydrogens is 640 g/mol. The number of carbonyl (C=O) groups excluding carboxylic acids is 1. The number of fused-ring (bicyclic) bond motifs is 2. The van der Waals surface area contributed by atoms with Gasteiger partial charge in [-0.15, -0.1) is 9.90 Å². The molecule has 1 fully saturated rings. The second kappa shape index (κ2) is 11.5. The summed E-state index contributed by atoms with van der Waals surface area (Å²) in [5.74, 6) is -1.18. The number of nitrogens with zero attached hydrogens (tertiary/aromatic N) is 7. The summed E-state index contributed by atoms with van der Waals surface area (Å²) < 4.78 is 111. The summed E-state index contributed by atoms with van der Waals surface area (Å²) in [4.78, 5) is 18.3. The molecule has 2 aliphatic carbocycles. The summed E-state index contributed by atoms with van der Waals surface area (Å²) in [6.45, 7) is -1.75. The molecule has 2 atom stereocenters. The van der Waals surface area contributed by atoms with Gasteiger partial charge >= 0.3 is 12.7 Å². The minimum Gasteiger partial charge on any atom is -0.291 e. The monoisotopic (exact) mass is 665 g/mol. The average Bonchev–Trinajstić information content (AvgIpc) is 3.68. The molecule has 0 saturated heterocycles. The van der Waals surface area contributed by atoms with Gasteiger partial charge in [-0.05, 0) is 73.7 Å². The number of aromatic nitrogens is 6. The van der Waals surface area contributed by atoms with Gasteiger partial charge in [0.1, 0.15) is 11.5 Å². The number of pyridine rings is 1. The summed E-state index contributed by atoms with van der Waals surface area (Å²) >= 11 is 0. The van der Waals surface area contributed by atoms with Crippen molar-refractivity contribution in [1.29, 1.82) is 0 Å². The molecule has 0 radical (unpaired) electrons. The third kappa shape index (κ3) is 5.40. The lowest BCUT2D eigenvalue weighted by atomic mass is 9.60. The molecule has 0 bridgehead atoms. The molecule has 4 aromatic rings. The maximum absolute atomic E-state index is 14.4. The van der Waals surface area contributed by atoms with E-state index in [1.54, 1.807) is 10.8 Å². The fourth-order valence-corrected chi connectivity index (χ4v) is 7.83. The lowest BCUT2D eigenvalue weighted by molar-refractivity contribution is -0.137. The van der Waals surface area contributed by atoms with E-state index in [0.717, 1.165) is 16.6 Å². The molecule has 10 nitrogen and oxygen atoms in total. The summed E-state index contributed by atoms with van der Waals surface area (Å²) in [7, 11) is -4.48. The number of hydrogen-bond acceptors (Lipinski definition) is 7. The summed E-state index contributed by atoms with van der Waals surface area (Å²) in [6.07, 6.45) is 0.259. The zero-order chi connectivity index (χ0) is 33.0. The molecule has 0 amide bonds. The predicted octanol–water partition coefficient (Wildman–Crippen LogP) is 5.48. The van der Waals surface area contributed by atoms with Crippen LogP contribution in [0, 0.1) is 11.2 Å². The van der Waals surface area contributed by atoms with Gasteiger partial charge in [0.2, 0.25) is 5.03 Å². The Hall–Kier alpha value is -4.38. The van der Waals surface area contributed by atoms with Gasteiger partial charge in [0.15, 0.2) is 5.78 Å². The number of halogens is 6. The van der Waals surface area contributed by atoms with E-state index in [1.807, 2.05) is 0 Å². The van der Waals surface area contributed by atoms with E-state index in [2.05, 4.69) is 20.3 Å². The summed E-state index contributed by atoms with van der Waals surface area (Å²) in [5.41, 5.74) is -0.813. The number of allylic oxidation sites excluding steroid dienone is 1. The van der Waals surface area contributed by atoms with Crippen LogP contribution >= 0.6 is 0 Å². The molecule has 2 aliphatic rings. The van der Waals surface area contributed by atoms with Crippen molar-refractivity contribution >= 4 is 21.9 Å². The van der Waals surface area contributed by atoms with E-state index in [4.69, 9.17) is 0 Å². The van der Waals surface area contributed by atoms with E-state index in [0.29, 0.717) is 34.8 Å². The normalized spacial score (nSPS) is 20.0. The number of benzene rings is 1. The number of carbonyl (C=O) groups is 1. The largest absolute Gasteiger partial charge is 0.416 e. The molecule has 0 aliphatic heterocycles. The summed E-state index contributed by atoms with van der Waals surface area (Å²) in [6, 6.07) is 6.12. The Morgan fingerprint density at radius 3 is 2.52 bits per heavy atom. The Bertz CT molecular complexity index is 1940. The Morgan fingerprint density at radius 2 is 1.87 bits per heavy atom. The first-order valence-corrected chi connectivity index (χ1v) is 15.5. The van der Waals surface area contributed by atoms with Gasteiger partial charge in [-0.1, -0.05) is 12.5 Å². The highest BCUT2D eigenvalue weighted by Gasteiger charge is 2.52. The minimum atomic E-state index is -4.75. The van der Waals surface area contributed by atoms with E-state index < -0.39 is 62.1 Å². The van der Waals surface area contributed by atoms with Crippen molar-refractivity contribution in [3.05, 3.63) is 88.9 Å². The number of Topliss-reactive ketones (excluding diaryl/α,β-unsaturated/α-hetero) is 1. The van der Waals surface area contributed by atoms with Crippen LogP contribution in [0.3, 0.4) is 0 Å². The molecular formula is C29H25F6N7O3S. The lowest BCUT2D eigenvalue weighted by Crippen LogP contribution is -2.50. The first-order valence-electron chi connectivity index (χ1n) is 14.1. The Balaban J connectivity index is 1.44. The fourth-order valence-electron chi connectivity index (χ4n) is 6.31. The zero-order valence-corrected chi connectivity index (χ0v) is 24.8. The van der Waals surface area contributed by atoms with Crippen molar-refractivity contribution < 1.29 is 39.6 Å². The van der Waals surface area contributed by atoms with E-state index in [-0.39, 0.29) is 37.0 Å². The Morgan fingerprint density at radius 1 is 1.13 bits per heavy atom. The number of rotatable bonds is 8. The highest BCUT2D eigenvalue weighted by atomic mass is 32.2. The van der Waals surface area contributed by atoms with Crippen LogP contribution in [-0.4, -0.2) is 60.9 Å². The molecule has 0 spiro atoms. The van der Waals surface area contributed by atoms with Crippen LogP contribution in [0.25, 0.3) is 11.8 Å². The molecule has 0 N–H and O–H groups in total. The van der Waals surface area contributed by atoms with Crippen LogP contribution in [0.5, 0.6) is 0 Å². The number of ketones is 1. The van der Waals surface area contributed by atoms with Crippen LogP contribution in [-0.2, 0) is 22.6 Å². The van der Waals surface area contributed by atoms with E-state index in [9.17, 15) is 39.6 Å². The average molecular weight is 666 g/mol. The smallest absolute Gasteiger partial charge is 0.291 e. The van der Waals surface area contributed by atoms with Gasteiger partial charge in [-0.25, -0.2) is 17.5 Å². The van der Waals surface area contributed by atoms with Crippen molar-refractivity contribution in [1.82, 2.24) is 34.1 Å². The lowest BCUT2D eigenvalue weighted by Gasteiger charge is -2.46. The van der Waals surface area contributed by atoms with Crippen molar-refractivity contribution in [2.24, 2.45) is 5.41 Å².